The van der Waals surface area contributed by atoms with Gasteiger partial charge in [-0.15, -0.1) is 5.48 Å². The summed E-state index contributed by atoms with van der Waals surface area (Å²) in [6.07, 6.45) is 0. The van der Waals surface area contributed by atoms with Crippen molar-refractivity contribution in [1.82, 2.24) is 10.8 Å². The summed E-state index contributed by atoms with van der Waals surface area (Å²) in [4.78, 5) is 4.38. The van der Waals surface area contributed by atoms with E-state index in [0.29, 0.717) is 5.11 Å². The molecular weight excluding hydrogens is 124 g/mol. The van der Waals surface area contributed by atoms with E-state index in [4.69, 9.17) is 0 Å². The maximum absolute atomic E-state index is 4.65. The van der Waals surface area contributed by atoms with Gasteiger partial charge in [0.15, 0.2) is 0 Å². The molecule has 0 bridgehead atoms. The SMILES string of the molecule is CCNC(=S)[N]OC. The van der Waals surface area contributed by atoms with Gasteiger partial charge in [0, 0.05) is 6.54 Å². The second-order valence-electron chi connectivity index (χ2n) is 1.11. The van der Waals surface area contributed by atoms with Gasteiger partial charge in [-0.2, -0.15) is 0 Å². The van der Waals surface area contributed by atoms with Crippen LogP contribution in [0.5, 0.6) is 0 Å². The van der Waals surface area contributed by atoms with Crippen molar-refractivity contribution in [3.63, 3.8) is 0 Å². The van der Waals surface area contributed by atoms with Gasteiger partial charge in [0.25, 0.3) is 0 Å². The summed E-state index contributed by atoms with van der Waals surface area (Å²) < 4.78 is 0. The normalized spacial score (nSPS) is 8.25. The van der Waals surface area contributed by atoms with Crippen molar-refractivity contribution in [1.29, 1.82) is 0 Å². The van der Waals surface area contributed by atoms with Gasteiger partial charge < -0.3 is 5.32 Å². The van der Waals surface area contributed by atoms with Crippen LogP contribution in [0, 0.1) is 0 Å². The Morgan fingerprint density at radius 1 is 1.88 bits per heavy atom. The van der Waals surface area contributed by atoms with Crippen LogP contribution in [0.2, 0.25) is 0 Å². The standard InChI is InChI=1S/C4H9N2OS/c1-3-5-4(8)6-7-2/h3H2,1-2H3,(H,5,8). The summed E-state index contributed by atoms with van der Waals surface area (Å²) >= 11 is 4.65. The summed E-state index contributed by atoms with van der Waals surface area (Å²) in [7, 11) is 1.46. The lowest BCUT2D eigenvalue weighted by molar-refractivity contribution is 0.135. The van der Waals surface area contributed by atoms with E-state index in [9.17, 15) is 0 Å². The lowest BCUT2D eigenvalue weighted by Crippen LogP contribution is -2.28. The van der Waals surface area contributed by atoms with Crippen molar-refractivity contribution in [2.24, 2.45) is 0 Å². The van der Waals surface area contributed by atoms with Gasteiger partial charge in [-0.25, -0.2) is 0 Å². The Hall–Kier alpha value is -0.350. The Morgan fingerprint density at radius 3 is 2.88 bits per heavy atom. The van der Waals surface area contributed by atoms with Crippen LogP contribution in [0.15, 0.2) is 0 Å². The predicted octanol–water partition coefficient (Wildman–Crippen LogP) is 0.0466. The Kier molecular flexibility index (Phi) is 4.59. The highest BCUT2D eigenvalue weighted by Gasteiger charge is 1.89. The molecule has 0 heterocycles. The lowest BCUT2D eigenvalue weighted by Gasteiger charge is -1.99. The highest BCUT2D eigenvalue weighted by molar-refractivity contribution is 7.80. The molecule has 4 heteroatoms. The van der Waals surface area contributed by atoms with Crippen molar-refractivity contribution in [3.8, 4) is 0 Å². The molecule has 0 aromatic heterocycles. The molecule has 0 amide bonds. The summed E-state index contributed by atoms with van der Waals surface area (Å²) in [6, 6.07) is 0. The Labute approximate surface area is 54.4 Å². The molecule has 0 rings (SSSR count). The molecule has 1 N–H and O–H groups in total. The number of hydrogen-bond acceptors (Lipinski definition) is 2. The molecule has 0 saturated carbocycles. The van der Waals surface area contributed by atoms with Crippen LogP contribution in [-0.4, -0.2) is 18.8 Å². The summed E-state index contributed by atoms with van der Waals surface area (Å²) in [5.74, 6) is 0. The fourth-order valence-corrected chi connectivity index (χ4v) is 0.485. The fraction of sp³-hybridized carbons (Fsp3) is 0.750. The number of nitrogens with zero attached hydrogens (tertiary/aromatic N) is 1. The predicted molar refractivity (Wildman–Crippen MR) is 35.4 cm³/mol. The first-order valence-electron chi connectivity index (χ1n) is 2.33. The van der Waals surface area contributed by atoms with E-state index in [1.807, 2.05) is 6.92 Å². The lowest BCUT2D eigenvalue weighted by atomic mass is 10.8. The second-order valence-corrected chi connectivity index (χ2v) is 1.50. The number of hydrogen-bond donors (Lipinski definition) is 1. The molecule has 0 saturated heterocycles. The number of thiocarbonyl (C=S) groups is 1. The van der Waals surface area contributed by atoms with Gasteiger partial charge in [0.2, 0.25) is 5.11 Å². The van der Waals surface area contributed by atoms with Crippen molar-refractivity contribution in [3.05, 3.63) is 0 Å². The Balaban J connectivity index is 3.06. The van der Waals surface area contributed by atoms with Gasteiger partial charge in [-0.1, -0.05) is 0 Å². The minimum Gasteiger partial charge on any atom is -0.359 e. The largest absolute Gasteiger partial charge is 0.359 e. The fourth-order valence-electron chi connectivity index (χ4n) is 0.266. The molecular formula is C4H9N2OS. The van der Waals surface area contributed by atoms with Gasteiger partial charge in [-0.3, -0.25) is 4.84 Å². The molecule has 0 fully saturated rings. The van der Waals surface area contributed by atoms with Crippen molar-refractivity contribution < 1.29 is 4.84 Å². The zero-order valence-corrected chi connectivity index (χ0v) is 5.79. The van der Waals surface area contributed by atoms with E-state index in [0.717, 1.165) is 6.54 Å². The van der Waals surface area contributed by atoms with Crippen LogP contribution < -0.4 is 10.8 Å². The molecule has 0 unspecified atom stereocenters. The number of nitrogens with one attached hydrogen (secondary N) is 1. The van der Waals surface area contributed by atoms with E-state index in [2.05, 4.69) is 27.9 Å². The van der Waals surface area contributed by atoms with Gasteiger partial charge >= 0.3 is 0 Å². The maximum Gasteiger partial charge on any atom is 0.218 e. The molecule has 0 aliphatic heterocycles. The van der Waals surface area contributed by atoms with Crippen molar-refractivity contribution in [2.45, 2.75) is 6.92 Å². The second kappa shape index (κ2) is 4.80. The monoisotopic (exact) mass is 133 g/mol. The quantitative estimate of drug-likeness (QED) is 0.427. The third-order valence-electron chi connectivity index (χ3n) is 0.502. The third-order valence-corrected chi connectivity index (χ3v) is 0.721. The highest BCUT2D eigenvalue weighted by Crippen LogP contribution is 1.66. The maximum atomic E-state index is 4.65. The first-order valence-corrected chi connectivity index (χ1v) is 2.74. The topological polar surface area (TPSA) is 35.4 Å². The van der Waals surface area contributed by atoms with E-state index < -0.39 is 0 Å². The van der Waals surface area contributed by atoms with Gasteiger partial charge in [0.1, 0.15) is 0 Å². The van der Waals surface area contributed by atoms with Gasteiger partial charge in [-0.05, 0) is 19.1 Å². The molecule has 3 nitrogen and oxygen atoms in total. The first-order chi connectivity index (χ1) is 3.81. The highest BCUT2D eigenvalue weighted by atomic mass is 32.1. The zero-order chi connectivity index (χ0) is 6.41. The summed E-state index contributed by atoms with van der Waals surface area (Å²) in [6.45, 7) is 2.73. The molecule has 0 spiro atoms. The van der Waals surface area contributed by atoms with E-state index >= 15 is 0 Å². The molecule has 0 atom stereocenters. The van der Waals surface area contributed by atoms with Crippen LogP contribution in [0.3, 0.4) is 0 Å². The van der Waals surface area contributed by atoms with E-state index in [1.165, 1.54) is 7.11 Å². The van der Waals surface area contributed by atoms with Crippen LogP contribution in [0.25, 0.3) is 0 Å². The number of hydroxylamine groups is 1. The van der Waals surface area contributed by atoms with Crippen molar-refractivity contribution >= 4 is 17.3 Å². The zero-order valence-electron chi connectivity index (χ0n) is 4.97. The molecule has 47 valence electrons. The molecule has 1 radical (unpaired) electrons. The van der Waals surface area contributed by atoms with E-state index in [-0.39, 0.29) is 0 Å². The molecule has 0 aliphatic rings. The van der Waals surface area contributed by atoms with Crippen LogP contribution in [-0.2, 0) is 4.84 Å². The summed E-state index contributed by atoms with van der Waals surface area (Å²) in [5, 5.41) is 3.18. The van der Waals surface area contributed by atoms with E-state index in [1.54, 1.807) is 0 Å². The van der Waals surface area contributed by atoms with Crippen molar-refractivity contribution in [2.75, 3.05) is 13.7 Å². The van der Waals surface area contributed by atoms with Crippen LogP contribution in [0.4, 0.5) is 0 Å². The Morgan fingerprint density at radius 2 is 2.50 bits per heavy atom. The van der Waals surface area contributed by atoms with Crippen LogP contribution >= 0.6 is 12.2 Å². The smallest absolute Gasteiger partial charge is 0.218 e. The molecule has 0 aromatic carbocycles. The Bertz CT molecular complexity index is 68.4. The van der Waals surface area contributed by atoms with Gasteiger partial charge in [0.05, 0.1) is 7.11 Å². The third kappa shape index (κ3) is 3.83. The average molecular weight is 133 g/mol. The number of rotatable bonds is 2. The van der Waals surface area contributed by atoms with Crippen LogP contribution in [0.1, 0.15) is 6.92 Å². The summed E-state index contributed by atoms with van der Waals surface area (Å²) in [5.41, 5.74) is 3.43. The molecule has 8 heavy (non-hydrogen) atoms. The molecule has 0 aromatic rings. The minimum absolute atomic E-state index is 0.398. The average Bonchev–Trinajstić information content (AvgIpc) is 1.68. The first kappa shape index (κ1) is 7.65. The minimum atomic E-state index is 0.398. The molecule has 0 aliphatic carbocycles.